The topological polar surface area (TPSA) is 79.5 Å². The zero-order chi connectivity index (χ0) is 18.3. The van der Waals surface area contributed by atoms with Crippen molar-refractivity contribution in [1.29, 1.82) is 0 Å². The van der Waals surface area contributed by atoms with E-state index >= 15 is 0 Å². The number of carbonyl (C=O) groups is 1. The van der Waals surface area contributed by atoms with Gasteiger partial charge >= 0.3 is 5.97 Å². The number of rotatable bonds is 5. The van der Waals surface area contributed by atoms with Crippen LogP contribution in [0.4, 0.5) is 0 Å². The van der Waals surface area contributed by atoms with E-state index in [2.05, 4.69) is 41.0 Å². The summed E-state index contributed by atoms with van der Waals surface area (Å²) in [6.07, 6.45) is 2.79. The molecule has 2 atom stereocenters. The van der Waals surface area contributed by atoms with Gasteiger partial charge in [-0.25, -0.2) is 0 Å². The molecule has 0 unspecified atom stereocenters. The van der Waals surface area contributed by atoms with E-state index in [9.17, 15) is 9.90 Å². The molecule has 1 N–H and O–H groups in total. The Bertz CT molecular complexity index is 805. The summed E-state index contributed by atoms with van der Waals surface area (Å²) in [5, 5.41) is 13.8. The van der Waals surface area contributed by atoms with Gasteiger partial charge < -0.3 is 9.63 Å². The van der Waals surface area contributed by atoms with Gasteiger partial charge in [0, 0.05) is 18.7 Å². The Morgan fingerprint density at radius 2 is 2.11 bits per heavy atom. The van der Waals surface area contributed by atoms with Crippen molar-refractivity contribution in [2.24, 2.45) is 11.3 Å². The number of carboxylic acid groups (broad SMARTS) is 1. The number of halogens is 1. The molecule has 27 heavy (non-hydrogen) atoms. The molecule has 1 aliphatic heterocycles. The van der Waals surface area contributed by atoms with Gasteiger partial charge in [0.05, 0.1) is 12.0 Å². The molecule has 0 amide bonds. The molecule has 2 fully saturated rings. The summed E-state index contributed by atoms with van der Waals surface area (Å²) in [4.78, 5) is 18.5. The summed E-state index contributed by atoms with van der Waals surface area (Å²) < 4.78 is 5.42. The zero-order valence-corrected chi connectivity index (χ0v) is 16.5. The third-order valence-corrected chi connectivity index (χ3v) is 6.03. The fourth-order valence-electron chi connectivity index (χ4n) is 4.51. The van der Waals surface area contributed by atoms with E-state index in [1.807, 2.05) is 12.1 Å². The van der Waals surface area contributed by atoms with Crippen LogP contribution in [0.1, 0.15) is 50.5 Å². The number of hydrogen-bond acceptors (Lipinski definition) is 5. The molecule has 2 aliphatic rings. The van der Waals surface area contributed by atoms with Gasteiger partial charge in [0.15, 0.2) is 0 Å². The summed E-state index contributed by atoms with van der Waals surface area (Å²) in [6, 6.07) is 8.22. The molecule has 0 radical (unpaired) electrons. The zero-order valence-electron chi connectivity index (χ0n) is 15.7. The molecule has 0 bridgehead atoms. The maximum Gasteiger partial charge on any atom is 0.311 e. The minimum atomic E-state index is -0.654. The highest BCUT2D eigenvalue weighted by atomic mass is 35.5. The predicted octanol–water partition coefficient (Wildman–Crippen LogP) is 3.97. The molecule has 2 heterocycles. The predicted molar refractivity (Wildman–Crippen MR) is 104 cm³/mol. The third kappa shape index (κ3) is 3.60. The molecule has 1 aromatic carbocycles. The van der Waals surface area contributed by atoms with Gasteiger partial charge in [-0.05, 0) is 30.2 Å². The van der Waals surface area contributed by atoms with E-state index in [1.54, 1.807) is 0 Å². The Kier molecular flexibility index (Phi) is 5.58. The lowest BCUT2D eigenvalue weighted by atomic mass is 9.81. The molecule has 2 aromatic rings. The highest BCUT2D eigenvalue weighted by Crippen LogP contribution is 2.49. The Hall–Kier alpha value is -1.92. The first-order valence-electron chi connectivity index (χ1n) is 9.36. The second kappa shape index (κ2) is 7.60. The second-order valence-corrected chi connectivity index (χ2v) is 8.01. The molecule has 146 valence electrons. The van der Waals surface area contributed by atoms with E-state index in [1.165, 1.54) is 5.56 Å². The van der Waals surface area contributed by atoms with Crippen LogP contribution in [-0.2, 0) is 11.3 Å². The fourth-order valence-corrected chi connectivity index (χ4v) is 4.51. The minimum Gasteiger partial charge on any atom is -0.481 e. The van der Waals surface area contributed by atoms with Crippen molar-refractivity contribution in [3.63, 3.8) is 0 Å². The van der Waals surface area contributed by atoms with Crippen molar-refractivity contribution < 1.29 is 14.4 Å². The number of aliphatic carboxylic acids is 1. The summed E-state index contributed by atoms with van der Waals surface area (Å²) in [5.41, 5.74) is 1.64. The molecule has 6 nitrogen and oxygen atoms in total. The number of aromatic nitrogens is 2. The van der Waals surface area contributed by atoms with Gasteiger partial charge in [0.2, 0.25) is 11.7 Å². The van der Waals surface area contributed by atoms with Crippen LogP contribution in [0.15, 0.2) is 28.8 Å². The highest BCUT2D eigenvalue weighted by molar-refractivity contribution is 5.85. The molecule has 1 aromatic heterocycles. The van der Waals surface area contributed by atoms with Crippen LogP contribution in [0.5, 0.6) is 0 Å². The van der Waals surface area contributed by atoms with Crippen LogP contribution in [-0.4, -0.2) is 39.2 Å². The molecule has 0 spiro atoms. The van der Waals surface area contributed by atoms with Gasteiger partial charge in [0.25, 0.3) is 0 Å². The minimum absolute atomic E-state index is 0. The van der Waals surface area contributed by atoms with Crippen molar-refractivity contribution in [2.75, 3.05) is 13.1 Å². The first-order valence-corrected chi connectivity index (χ1v) is 9.36. The Labute approximate surface area is 165 Å². The van der Waals surface area contributed by atoms with Crippen molar-refractivity contribution in [2.45, 2.75) is 45.6 Å². The fraction of sp³-hybridized carbons (Fsp3) is 0.550. The van der Waals surface area contributed by atoms with Crippen molar-refractivity contribution in [1.82, 2.24) is 15.0 Å². The van der Waals surface area contributed by atoms with Gasteiger partial charge in [0.1, 0.15) is 0 Å². The Balaban J connectivity index is 0.00000210. The summed E-state index contributed by atoms with van der Waals surface area (Å²) in [5.74, 6) is 1.21. The average Bonchev–Trinajstić information content (AvgIpc) is 3.29. The van der Waals surface area contributed by atoms with Crippen molar-refractivity contribution in [3.8, 4) is 11.4 Å². The van der Waals surface area contributed by atoms with Crippen LogP contribution in [0.3, 0.4) is 0 Å². The van der Waals surface area contributed by atoms with Gasteiger partial charge in [-0.1, -0.05) is 49.7 Å². The molecule has 7 heteroatoms. The van der Waals surface area contributed by atoms with Gasteiger partial charge in [-0.3, -0.25) is 9.69 Å². The number of hydrogen-bond donors (Lipinski definition) is 1. The maximum absolute atomic E-state index is 11.8. The van der Waals surface area contributed by atoms with Crippen molar-refractivity contribution in [3.05, 3.63) is 35.7 Å². The highest BCUT2D eigenvalue weighted by Gasteiger charge is 2.54. The van der Waals surface area contributed by atoms with Crippen LogP contribution < -0.4 is 0 Å². The van der Waals surface area contributed by atoms with Crippen LogP contribution >= 0.6 is 12.4 Å². The van der Waals surface area contributed by atoms with Crippen LogP contribution in [0, 0.1) is 11.3 Å². The molecule has 1 saturated heterocycles. The normalized spacial score (nSPS) is 24.8. The first kappa shape index (κ1) is 19.8. The smallest absolute Gasteiger partial charge is 0.311 e. The number of benzene rings is 1. The first-order chi connectivity index (χ1) is 12.5. The molecular weight excluding hydrogens is 366 g/mol. The standard InChI is InChI=1S/C20H25N3O3.ClH/c1-13(2)14-5-7-15(8-6-14)18-21-17(26-22-18)11-23-10-16-4-3-9-20(16,12-23)19(24)25;/h5-8,13,16H,3-4,9-12H2,1-2H3,(H,24,25);1H/t16-,20+;/m0./s1. The van der Waals surface area contributed by atoms with E-state index in [-0.39, 0.29) is 18.3 Å². The third-order valence-electron chi connectivity index (χ3n) is 6.03. The number of carboxylic acids is 1. The Morgan fingerprint density at radius 1 is 1.37 bits per heavy atom. The largest absolute Gasteiger partial charge is 0.481 e. The SMILES string of the molecule is CC(C)c1ccc(-c2noc(CN3C[C@@H]4CCC[C@@]4(C(=O)O)C3)n2)cc1.Cl. The van der Waals surface area contributed by atoms with E-state index in [0.717, 1.165) is 31.4 Å². The average molecular weight is 392 g/mol. The summed E-state index contributed by atoms with van der Waals surface area (Å²) in [7, 11) is 0. The van der Waals surface area contributed by atoms with Gasteiger partial charge in [-0.2, -0.15) is 4.98 Å². The van der Waals surface area contributed by atoms with E-state index in [4.69, 9.17) is 4.52 Å². The molecule has 1 saturated carbocycles. The van der Waals surface area contributed by atoms with E-state index in [0.29, 0.717) is 30.7 Å². The lowest BCUT2D eigenvalue weighted by molar-refractivity contribution is -0.149. The number of nitrogens with zero attached hydrogens (tertiary/aromatic N) is 3. The lowest BCUT2D eigenvalue weighted by Gasteiger charge is -2.23. The Morgan fingerprint density at radius 3 is 2.74 bits per heavy atom. The van der Waals surface area contributed by atoms with Crippen LogP contribution in [0.2, 0.25) is 0 Å². The second-order valence-electron chi connectivity index (χ2n) is 8.01. The lowest BCUT2D eigenvalue weighted by Crippen LogP contribution is -2.35. The van der Waals surface area contributed by atoms with Gasteiger partial charge in [-0.15, -0.1) is 12.4 Å². The monoisotopic (exact) mass is 391 g/mol. The van der Waals surface area contributed by atoms with Crippen LogP contribution in [0.25, 0.3) is 11.4 Å². The molecule has 1 aliphatic carbocycles. The quantitative estimate of drug-likeness (QED) is 0.830. The molecular formula is C20H26ClN3O3. The summed E-state index contributed by atoms with van der Waals surface area (Å²) in [6.45, 7) is 6.22. The number of fused-ring (bicyclic) bond motifs is 1. The number of likely N-dealkylation sites (tertiary alicyclic amines) is 1. The van der Waals surface area contributed by atoms with Crippen molar-refractivity contribution >= 4 is 18.4 Å². The maximum atomic E-state index is 11.8. The summed E-state index contributed by atoms with van der Waals surface area (Å²) >= 11 is 0. The van der Waals surface area contributed by atoms with E-state index < -0.39 is 11.4 Å². The molecule has 4 rings (SSSR count).